The molecule has 6 nitrogen and oxygen atoms in total. The van der Waals surface area contributed by atoms with E-state index >= 15 is 0 Å². The molecule has 2 aliphatic rings. The van der Waals surface area contributed by atoms with E-state index in [-0.39, 0.29) is 43.0 Å². The summed E-state index contributed by atoms with van der Waals surface area (Å²) in [6.45, 7) is 4.86. The molecule has 142 valence electrons. The summed E-state index contributed by atoms with van der Waals surface area (Å²) in [4.78, 5) is 6.50. The van der Waals surface area contributed by atoms with E-state index in [2.05, 4.69) is 16.8 Å². The van der Waals surface area contributed by atoms with E-state index in [1.807, 2.05) is 0 Å². The third kappa shape index (κ3) is 5.65. The fraction of sp³-hybridized carbons (Fsp3) is 0.929. The van der Waals surface area contributed by atoms with Crippen molar-refractivity contribution in [2.24, 2.45) is 22.6 Å². The number of rotatable bonds is 4. The Morgan fingerprint density at radius 2 is 1.71 bits per heavy atom. The van der Waals surface area contributed by atoms with E-state index in [9.17, 15) is 17.2 Å². The maximum absolute atomic E-state index is 12.5. The molecule has 0 saturated carbocycles. The van der Waals surface area contributed by atoms with Crippen LogP contribution in [-0.4, -0.2) is 62.1 Å². The molecule has 0 aromatic heterocycles. The van der Waals surface area contributed by atoms with Gasteiger partial charge >= 0.3 is 5.76 Å². The van der Waals surface area contributed by atoms with Crippen LogP contribution in [0, 0.1) is 11.8 Å². The van der Waals surface area contributed by atoms with Gasteiger partial charge in [-0.1, -0.05) is 6.92 Å². The lowest BCUT2D eigenvalue weighted by Gasteiger charge is -2.32. The standard InChI is InChI=1S/C14H26F2N4O2S.HI/c1-11-2-6-19(7-3-11)14(17)18-10-12-4-8-20(9-5-12)23(21,22)13(15)16;/h11-13H,2-10H2,1H3,(H2,17,18);1H. The molecular formula is C14H27F2IN4O2S. The van der Waals surface area contributed by atoms with Gasteiger partial charge in [-0.3, -0.25) is 4.99 Å². The summed E-state index contributed by atoms with van der Waals surface area (Å²) < 4.78 is 48.7. The predicted molar refractivity (Wildman–Crippen MR) is 101 cm³/mol. The topological polar surface area (TPSA) is 79.0 Å². The molecule has 0 amide bonds. The largest absolute Gasteiger partial charge is 0.370 e. The molecule has 24 heavy (non-hydrogen) atoms. The number of nitrogens with zero attached hydrogens (tertiary/aromatic N) is 3. The molecule has 0 atom stereocenters. The van der Waals surface area contributed by atoms with Crippen molar-refractivity contribution in [2.45, 2.75) is 38.4 Å². The minimum Gasteiger partial charge on any atom is -0.370 e. The number of hydrogen-bond donors (Lipinski definition) is 1. The molecule has 0 bridgehead atoms. The van der Waals surface area contributed by atoms with E-state index in [1.54, 1.807) is 0 Å². The van der Waals surface area contributed by atoms with Crippen molar-refractivity contribution in [2.75, 3.05) is 32.7 Å². The van der Waals surface area contributed by atoms with Crippen molar-refractivity contribution < 1.29 is 17.2 Å². The minimum absolute atomic E-state index is 0. The highest BCUT2D eigenvalue weighted by Crippen LogP contribution is 2.23. The summed E-state index contributed by atoms with van der Waals surface area (Å²) in [7, 11) is -4.45. The maximum atomic E-state index is 12.5. The number of halogens is 3. The summed E-state index contributed by atoms with van der Waals surface area (Å²) in [6, 6.07) is 0. The number of guanidine groups is 1. The Kier molecular flexibility index (Phi) is 8.60. The average Bonchev–Trinajstić information content (AvgIpc) is 2.53. The third-order valence-electron chi connectivity index (χ3n) is 4.78. The molecule has 0 radical (unpaired) electrons. The average molecular weight is 480 g/mol. The Balaban J connectivity index is 0.00000288. The van der Waals surface area contributed by atoms with Crippen LogP contribution in [0.2, 0.25) is 0 Å². The van der Waals surface area contributed by atoms with E-state index in [4.69, 9.17) is 5.73 Å². The zero-order chi connectivity index (χ0) is 17.0. The van der Waals surface area contributed by atoms with Crippen LogP contribution in [0.1, 0.15) is 32.6 Å². The molecule has 2 aliphatic heterocycles. The number of hydrogen-bond acceptors (Lipinski definition) is 3. The van der Waals surface area contributed by atoms with E-state index < -0.39 is 15.8 Å². The molecule has 2 fully saturated rings. The van der Waals surface area contributed by atoms with Crippen molar-refractivity contribution in [3.8, 4) is 0 Å². The Hall–Kier alpha value is -0.230. The van der Waals surface area contributed by atoms with Gasteiger partial charge < -0.3 is 10.6 Å². The van der Waals surface area contributed by atoms with Crippen LogP contribution in [-0.2, 0) is 10.0 Å². The first kappa shape index (κ1) is 21.8. The molecule has 2 rings (SSSR count). The molecule has 2 heterocycles. The lowest BCUT2D eigenvalue weighted by atomic mass is 9.98. The molecule has 0 spiro atoms. The number of aliphatic imine (C=N–C) groups is 1. The highest BCUT2D eigenvalue weighted by Gasteiger charge is 2.34. The van der Waals surface area contributed by atoms with Gasteiger partial charge in [0.1, 0.15) is 0 Å². The van der Waals surface area contributed by atoms with Crippen LogP contribution in [0.3, 0.4) is 0 Å². The van der Waals surface area contributed by atoms with Gasteiger partial charge in [0.05, 0.1) is 0 Å². The summed E-state index contributed by atoms with van der Waals surface area (Å²) in [5.41, 5.74) is 6.02. The first-order valence-corrected chi connectivity index (χ1v) is 9.63. The Bertz CT molecular complexity index is 517. The summed E-state index contributed by atoms with van der Waals surface area (Å²) in [5.74, 6) is -1.88. The van der Waals surface area contributed by atoms with Gasteiger partial charge in [-0.25, -0.2) is 8.42 Å². The van der Waals surface area contributed by atoms with Crippen LogP contribution in [0.5, 0.6) is 0 Å². The normalized spacial score (nSPS) is 22.7. The molecule has 10 heteroatoms. The number of alkyl halides is 2. The Morgan fingerprint density at radius 1 is 1.17 bits per heavy atom. The highest BCUT2D eigenvalue weighted by molar-refractivity contribution is 14.0. The molecule has 0 aromatic rings. The molecule has 0 unspecified atom stereocenters. The van der Waals surface area contributed by atoms with Crippen LogP contribution in [0.4, 0.5) is 8.78 Å². The number of piperidine rings is 2. The molecule has 2 N–H and O–H groups in total. The fourth-order valence-electron chi connectivity index (χ4n) is 3.02. The van der Waals surface area contributed by atoms with Crippen LogP contribution < -0.4 is 5.73 Å². The zero-order valence-corrected chi connectivity index (χ0v) is 17.1. The second kappa shape index (κ2) is 9.46. The number of nitrogens with two attached hydrogens (primary N) is 1. The first-order valence-electron chi connectivity index (χ1n) is 8.12. The Labute approximate surface area is 159 Å². The van der Waals surface area contributed by atoms with Crippen molar-refractivity contribution in [1.29, 1.82) is 0 Å². The molecule has 0 aliphatic carbocycles. The second-order valence-electron chi connectivity index (χ2n) is 6.52. The van der Waals surface area contributed by atoms with Crippen LogP contribution in [0.25, 0.3) is 0 Å². The van der Waals surface area contributed by atoms with Crippen molar-refractivity contribution in [3.63, 3.8) is 0 Å². The van der Waals surface area contributed by atoms with Gasteiger partial charge in [-0.05, 0) is 37.5 Å². The first-order chi connectivity index (χ1) is 10.8. The molecule has 2 saturated heterocycles. The SMILES string of the molecule is CC1CCN(C(N)=NCC2CCN(S(=O)(=O)C(F)F)CC2)CC1.I. The van der Waals surface area contributed by atoms with Gasteiger partial charge in [-0.15, -0.1) is 24.0 Å². The van der Waals surface area contributed by atoms with Crippen LogP contribution >= 0.6 is 24.0 Å². The van der Waals surface area contributed by atoms with E-state index in [1.165, 1.54) is 0 Å². The predicted octanol–water partition coefficient (Wildman–Crippen LogP) is 1.92. The minimum atomic E-state index is -4.45. The molecule has 0 aromatic carbocycles. The van der Waals surface area contributed by atoms with Crippen LogP contribution in [0.15, 0.2) is 4.99 Å². The quantitative estimate of drug-likeness (QED) is 0.379. The number of sulfonamides is 1. The fourth-order valence-corrected chi connectivity index (χ4v) is 3.96. The second-order valence-corrected chi connectivity index (χ2v) is 8.42. The van der Waals surface area contributed by atoms with Gasteiger partial charge in [0.25, 0.3) is 10.0 Å². The monoisotopic (exact) mass is 480 g/mol. The van der Waals surface area contributed by atoms with Gasteiger partial charge in [-0.2, -0.15) is 13.1 Å². The molecular weight excluding hydrogens is 453 g/mol. The maximum Gasteiger partial charge on any atom is 0.350 e. The summed E-state index contributed by atoms with van der Waals surface area (Å²) >= 11 is 0. The van der Waals surface area contributed by atoms with Gasteiger partial charge in [0.15, 0.2) is 5.96 Å². The highest BCUT2D eigenvalue weighted by atomic mass is 127. The van der Waals surface area contributed by atoms with Crippen molar-refractivity contribution >= 4 is 40.0 Å². The summed E-state index contributed by atoms with van der Waals surface area (Å²) in [5, 5.41) is 0. The van der Waals surface area contributed by atoms with E-state index in [0.717, 1.165) is 36.2 Å². The van der Waals surface area contributed by atoms with E-state index in [0.29, 0.717) is 25.3 Å². The smallest absolute Gasteiger partial charge is 0.350 e. The lowest BCUT2D eigenvalue weighted by molar-refractivity contribution is 0.204. The Morgan fingerprint density at radius 3 is 2.21 bits per heavy atom. The third-order valence-corrected chi connectivity index (χ3v) is 6.31. The van der Waals surface area contributed by atoms with Crippen molar-refractivity contribution in [3.05, 3.63) is 0 Å². The lowest BCUT2D eigenvalue weighted by Crippen LogP contribution is -2.43. The summed E-state index contributed by atoms with van der Waals surface area (Å²) in [6.07, 6.45) is 3.31. The zero-order valence-electron chi connectivity index (χ0n) is 13.9. The number of likely N-dealkylation sites (tertiary alicyclic amines) is 1. The van der Waals surface area contributed by atoms with Crippen molar-refractivity contribution in [1.82, 2.24) is 9.21 Å². The van der Waals surface area contributed by atoms with Gasteiger partial charge in [0, 0.05) is 32.7 Å². The van der Waals surface area contributed by atoms with Gasteiger partial charge in [0.2, 0.25) is 0 Å².